The van der Waals surface area contributed by atoms with Crippen LogP contribution in [0, 0.1) is 11.5 Å². The standard InChI is InChI=1S/C23H33NSi/c1-17(2)25(18(3)4,19(5)6)14-12-23-16-21-10-8-7-9-20(21)15-22(23)11-13-24/h7-10,15-19H,11,13,24H2,1-6H3. The van der Waals surface area contributed by atoms with Crippen molar-refractivity contribution in [3.63, 3.8) is 0 Å². The molecule has 0 aliphatic rings. The van der Waals surface area contributed by atoms with Crippen LogP contribution in [0.2, 0.25) is 16.6 Å². The molecule has 0 saturated heterocycles. The van der Waals surface area contributed by atoms with Crippen molar-refractivity contribution in [1.82, 2.24) is 0 Å². The van der Waals surface area contributed by atoms with E-state index in [1.54, 1.807) is 0 Å². The lowest BCUT2D eigenvalue weighted by Gasteiger charge is -2.38. The maximum Gasteiger partial charge on any atom is 0.146 e. The van der Waals surface area contributed by atoms with Crippen molar-refractivity contribution in [2.45, 2.75) is 64.6 Å². The van der Waals surface area contributed by atoms with Crippen LogP contribution in [0.25, 0.3) is 10.8 Å². The van der Waals surface area contributed by atoms with Gasteiger partial charge in [0.2, 0.25) is 0 Å². The molecular weight excluding hydrogens is 318 g/mol. The van der Waals surface area contributed by atoms with Crippen LogP contribution in [-0.4, -0.2) is 14.6 Å². The number of hydrogen-bond donors (Lipinski definition) is 1. The Hall–Kier alpha value is -1.56. The second-order valence-corrected chi connectivity index (χ2v) is 13.6. The zero-order chi connectivity index (χ0) is 18.6. The number of nitrogens with two attached hydrogens (primary N) is 1. The topological polar surface area (TPSA) is 26.0 Å². The van der Waals surface area contributed by atoms with Crippen molar-refractivity contribution in [3.05, 3.63) is 47.5 Å². The molecule has 0 saturated carbocycles. The number of benzene rings is 2. The molecule has 0 aliphatic heterocycles. The zero-order valence-electron chi connectivity index (χ0n) is 16.7. The van der Waals surface area contributed by atoms with Gasteiger partial charge in [0.15, 0.2) is 0 Å². The average Bonchev–Trinajstić information content (AvgIpc) is 2.54. The molecule has 0 heterocycles. The Morgan fingerprint density at radius 2 is 1.40 bits per heavy atom. The van der Waals surface area contributed by atoms with Gasteiger partial charge >= 0.3 is 0 Å². The first-order chi connectivity index (χ1) is 11.8. The molecule has 0 spiro atoms. The van der Waals surface area contributed by atoms with Crippen LogP contribution in [-0.2, 0) is 6.42 Å². The molecule has 0 atom stereocenters. The van der Waals surface area contributed by atoms with E-state index >= 15 is 0 Å². The molecule has 0 aromatic heterocycles. The smallest absolute Gasteiger partial charge is 0.146 e. The molecule has 2 aromatic carbocycles. The molecule has 2 aromatic rings. The molecule has 134 valence electrons. The minimum absolute atomic E-state index is 0.651. The summed E-state index contributed by atoms with van der Waals surface area (Å²) >= 11 is 0. The van der Waals surface area contributed by atoms with E-state index < -0.39 is 8.07 Å². The molecule has 0 unspecified atom stereocenters. The summed E-state index contributed by atoms with van der Waals surface area (Å²) in [6.45, 7) is 14.8. The van der Waals surface area contributed by atoms with Crippen molar-refractivity contribution in [2.24, 2.45) is 5.73 Å². The van der Waals surface area contributed by atoms with E-state index in [2.05, 4.69) is 89.4 Å². The largest absolute Gasteiger partial charge is 0.330 e. The summed E-state index contributed by atoms with van der Waals surface area (Å²) in [4.78, 5) is 0. The number of hydrogen-bond acceptors (Lipinski definition) is 1. The van der Waals surface area contributed by atoms with Gasteiger partial charge in [-0.15, -0.1) is 5.54 Å². The predicted octanol–water partition coefficient (Wildman–Crippen LogP) is 5.91. The van der Waals surface area contributed by atoms with E-state index in [-0.39, 0.29) is 0 Å². The highest BCUT2D eigenvalue weighted by atomic mass is 28.3. The van der Waals surface area contributed by atoms with E-state index in [0.717, 1.165) is 6.42 Å². The number of fused-ring (bicyclic) bond motifs is 1. The molecule has 2 rings (SSSR count). The maximum absolute atomic E-state index is 5.86. The van der Waals surface area contributed by atoms with E-state index in [1.807, 2.05) is 0 Å². The van der Waals surface area contributed by atoms with Crippen LogP contribution in [0.3, 0.4) is 0 Å². The fourth-order valence-corrected chi connectivity index (χ4v) is 9.59. The predicted molar refractivity (Wildman–Crippen MR) is 115 cm³/mol. The van der Waals surface area contributed by atoms with Crippen molar-refractivity contribution in [3.8, 4) is 11.5 Å². The van der Waals surface area contributed by atoms with Gasteiger partial charge in [0, 0.05) is 5.56 Å². The molecule has 0 aliphatic carbocycles. The molecule has 1 nitrogen and oxygen atoms in total. The van der Waals surface area contributed by atoms with Gasteiger partial charge in [0.25, 0.3) is 0 Å². The highest BCUT2D eigenvalue weighted by Gasteiger charge is 2.41. The maximum atomic E-state index is 5.86. The fraction of sp³-hybridized carbons (Fsp3) is 0.478. The van der Waals surface area contributed by atoms with E-state index in [9.17, 15) is 0 Å². The highest BCUT2D eigenvalue weighted by molar-refractivity contribution is 6.90. The lowest BCUT2D eigenvalue weighted by Crippen LogP contribution is -2.43. The Morgan fingerprint density at radius 1 is 0.880 bits per heavy atom. The summed E-state index contributed by atoms with van der Waals surface area (Å²) in [6, 6.07) is 13.1. The van der Waals surface area contributed by atoms with Crippen LogP contribution in [0.15, 0.2) is 36.4 Å². The van der Waals surface area contributed by atoms with Crippen LogP contribution in [0.5, 0.6) is 0 Å². The van der Waals surface area contributed by atoms with Crippen LogP contribution < -0.4 is 5.73 Å². The van der Waals surface area contributed by atoms with Crippen molar-refractivity contribution < 1.29 is 0 Å². The second-order valence-electron chi connectivity index (χ2n) is 8.04. The first kappa shape index (κ1) is 19.8. The number of rotatable bonds is 5. The van der Waals surface area contributed by atoms with Crippen molar-refractivity contribution in [2.75, 3.05) is 6.54 Å². The molecule has 2 N–H and O–H groups in total. The minimum atomic E-state index is -1.72. The van der Waals surface area contributed by atoms with E-state index in [4.69, 9.17) is 5.73 Å². The van der Waals surface area contributed by atoms with Gasteiger partial charge < -0.3 is 5.73 Å². The monoisotopic (exact) mass is 351 g/mol. The van der Waals surface area contributed by atoms with Gasteiger partial charge in [-0.25, -0.2) is 0 Å². The Labute approximate surface area is 155 Å². The Balaban J connectivity index is 2.62. The first-order valence-corrected chi connectivity index (χ1v) is 11.8. The molecule has 0 bridgehead atoms. The van der Waals surface area contributed by atoms with E-state index in [0.29, 0.717) is 23.2 Å². The summed E-state index contributed by atoms with van der Waals surface area (Å²) in [5.74, 6) is 3.63. The molecule has 2 heteroatoms. The van der Waals surface area contributed by atoms with Gasteiger partial charge in [0.1, 0.15) is 8.07 Å². The molecular formula is C23H33NSi. The third kappa shape index (κ3) is 3.99. The summed E-state index contributed by atoms with van der Waals surface area (Å²) in [6.07, 6.45) is 0.883. The van der Waals surface area contributed by atoms with Gasteiger partial charge in [0.05, 0.1) is 0 Å². The highest BCUT2D eigenvalue weighted by Crippen LogP contribution is 2.40. The Kier molecular flexibility index (Phi) is 6.49. The van der Waals surface area contributed by atoms with E-state index in [1.165, 1.54) is 21.9 Å². The Bertz CT molecular complexity index is 756. The molecule has 25 heavy (non-hydrogen) atoms. The summed E-state index contributed by atoms with van der Waals surface area (Å²) < 4.78 is 0. The normalized spacial score (nSPS) is 12.1. The first-order valence-electron chi connectivity index (χ1n) is 9.57. The third-order valence-corrected chi connectivity index (χ3v) is 12.0. The van der Waals surface area contributed by atoms with Crippen LogP contribution in [0.4, 0.5) is 0 Å². The third-order valence-electron chi connectivity index (χ3n) is 5.66. The lowest BCUT2D eigenvalue weighted by molar-refractivity contribution is 0.838. The quantitative estimate of drug-likeness (QED) is 0.526. The second kappa shape index (κ2) is 8.21. The molecule has 0 fully saturated rings. The molecule has 0 amide bonds. The summed E-state index contributed by atoms with van der Waals surface area (Å²) in [5, 5.41) is 2.54. The Morgan fingerprint density at radius 3 is 1.88 bits per heavy atom. The zero-order valence-corrected chi connectivity index (χ0v) is 17.7. The SMILES string of the molecule is CC(C)[Si](C#Cc1cc2ccccc2cc1CCN)(C(C)C)C(C)C. The van der Waals surface area contributed by atoms with Gasteiger partial charge in [-0.1, -0.05) is 71.7 Å². The summed E-state index contributed by atoms with van der Waals surface area (Å²) in [7, 11) is -1.72. The summed E-state index contributed by atoms with van der Waals surface area (Å²) in [5.41, 5.74) is 14.1. The van der Waals surface area contributed by atoms with Crippen molar-refractivity contribution in [1.29, 1.82) is 0 Å². The van der Waals surface area contributed by atoms with Gasteiger partial charge in [-0.3, -0.25) is 0 Å². The lowest BCUT2D eigenvalue weighted by atomic mass is 9.99. The van der Waals surface area contributed by atoms with Crippen LogP contribution >= 0.6 is 0 Å². The average molecular weight is 352 g/mol. The van der Waals surface area contributed by atoms with Crippen LogP contribution in [0.1, 0.15) is 52.7 Å². The van der Waals surface area contributed by atoms with Gasteiger partial charge in [-0.2, -0.15) is 0 Å². The molecule has 0 radical (unpaired) electrons. The van der Waals surface area contributed by atoms with Crippen molar-refractivity contribution >= 4 is 18.8 Å². The van der Waals surface area contributed by atoms with Gasteiger partial charge in [-0.05, 0) is 58.1 Å². The minimum Gasteiger partial charge on any atom is -0.330 e. The fourth-order valence-electron chi connectivity index (χ4n) is 4.37.